The van der Waals surface area contributed by atoms with Crippen molar-refractivity contribution >= 4 is 16.5 Å². The number of halogens is 3. The molecule has 1 aromatic heterocycles. The van der Waals surface area contributed by atoms with Crippen molar-refractivity contribution in [1.29, 1.82) is 0 Å². The van der Waals surface area contributed by atoms with E-state index < -0.39 is 12.6 Å². The lowest BCUT2D eigenvalue weighted by atomic mass is 10.3. The van der Waals surface area contributed by atoms with Gasteiger partial charge in [-0.2, -0.15) is 13.2 Å². The first-order valence-electron chi connectivity index (χ1n) is 4.20. The van der Waals surface area contributed by atoms with E-state index in [0.717, 1.165) is 5.69 Å². The summed E-state index contributed by atoms with van der Waals surface area (Å²) < 4.78 is 35.2. The van der Waals surface area contributed by atoms with Crippen LogP contribution in [0, 0.1) is 6.92 Å². The topological polar surface area (TPSA) is 24.9 Å². The molecular formula is C8H11F3N2S. The lowest BCUT2D eigenvalue weighted by molar-refractivity contribution is -0.134. The van der Waals surface area contributed by atoms with Gasteiger partial charge in [-0.25, -0.2) is 4.98 Å². The van der Waals surface area contributed by atoms with Crippen molar-refractivity contribution in [2.24, 2.45) is 0 Å². The van der Waals surface area contributed by atoms with Crippen LogP contribution in [0.25, 0.3) is 0 Å². The van der Waals surface area contributed by atoms with E-state index in [1.165, 1.54) is 11.3 Å². The summed E-state index contributed by atoms with van der Waals surface area (Å²) in [6.07, 6.45) is -4.72. The van der Waals surface area contributed by atoms with Gasteiger partial charge in [-0.15, -0.1) is 11.3 Å². The van der Waals surface area contributed by atoms with E-state index in [9.17, 15) is 13.2 Å². The molecule has 0 saturated heterocycles. The van der Waals surface area contributed by atoms with Gasteiger partial charge >= 0.3 is 6.18 Å². The predicted octanol–water partition coefficient (Wildman–Crippen LogP) is 3.21. The van der Waals surface area contributed by atoms with E-state index >= 15 is 0 Å². The number of alkyl halides is 3. The van der Waals surface area contributed by atoms with E-state index in [1.807, 2.05) is 12.3 Å². The van der Waals surface area contributed by atoms with Gasteiger partial charge < -0.3 is 5.32 Å². The predicted molar refractivity (Wildman–Crippen MR) is 50.6 cm³/mol. The van der Waals surface area contributed by atoms with Gasteiger partial charge in [-0.1, -0.05) is 0 Å². The standard InChI is InChI=1S/C8H11F3N2S/c1-6-5-14-7(13-6)12-4-2-3-8(9,10)11/h5H,2-4H2,1H3,(H,12,13). The smallest absolute Gasteiger partial charge is 0.362 e. The normalized spacial score (nSPS) is 11.7. The molecule has 1 N–H and O–H groups in total. The second kappa shape index (κ2) is 4.63. The van der Waals surface area contributed by atoms with Crippen molar-refractivity contribution in [1.82, 2.24) is 4.98 Å². The molecule has 14 heavy (non-hydrogen) atoms. The van der Waals surface area contributed by atoms with Gasteiger partial charge in [0.25, 0.3) is 0 Å². The Bertz CT molecular complexity index is 282. The zero-order chi connectivity index (χ0) is 10.6. The maximum Gasteiger partial charge on any atom is 0.389 e. The molecule has 0 amide bonds. The van der Waals surface area contributed by atoms with Crippen molar-refractivity contribution in [3.63, 3.8) is 0 Å². The minimum absolute atomic E-state index is 0.0854. The number of nitrogens with zero attached hydrogens (tertiary/aromatic N) is 1. The fraction of sp³-hybridized carbons (Fsp3) is 0.625. The van der Waals surface area contributed by atoms with Gasteiger partial charge in [0.2, 0.25) is 0 Å². The zero-order valence-corrected chi connectivity index (χ0v) is 8.50. The third-order valence-corrected chi connectivity index (χ3v) is 2.45. The summed E-state index contributed by atoms with van der Waals surface area (Å²) in [5.74, 6) is 0. The first-order chi connectivity index (χ1) is 6.47. The monoisotopic (exact) mass is 224 g/mol. The molecule has 0 spiro atoms. The zero-order valence-electron chi connectivity index (χ0n) is 7.69. The molecule has 0 radical (unpaired) electrons. The summed E-state index contributed by atoms with van der Waals surface area (Å²) in [6, 6.07) is 0. The molecule has 0 aliphatic rings. The number of anilines is 1. The summed E-state index contributed by atoms with van der Waals surface area (Å²) in [4.78, 5) is 4.07. The van der Waals surface area contributed by atoms with Crippen LogP contribution in [0.4, 0.5) is 18.3 Å². The molecule has 1 aromatic rings. The average molecular weight is 224 g/mol. The molecule has 1 heterocycles. The lowest BCUT2D eigenvalue weighted by Crippen LogP contribution is -2.10. The number of aryl methyl sites for hydroxylation is 1. The fourth-order valence-corrected chi connectivity index (χ4v) is 1.64. The van der Waals surface area contributed by atoms with Crippen LogP contribution in [0.1, 0.15) is 18.5 Å². The Balaban J connectivity index is 2.16. The highest BCUT2D eigenvalue weighted by Gasteiger charge is 2.25. The van der Waals surface area contributed by atoms with Gasteiger partial charge in [0.1, 0.15) is 0 Å². The number of hydrogen-bond acceptors (Lipinski definition) is 3. The largest absolute Gasteiger partial charge is 0.389 e. The summed E-state index contributed by atoms with van der Waals surface area (Å²) in [6.45, 7) is 2.16. The van der Waals surface area contributed by atoms with Crippen LogP contribution in [-0.2, 0) is 0 Å². The van der Waals surface area contributed by atoms with Gasteiger partial charge in [-0.3, -0.25) is 0 Å². The highest BCUT2D eigenvalue weighted by molar-refractivity contribution is 7.13. The molecule has 0 aliphatic carbocycles. The van der Waals surface area contributed by atoms with Crippen molar-refractivity contribution in [2.75, 3.05) is 11.9 Å². The summed E-state index contributed by atoms with van der Waals surface area (Å²) in [7, 11) is 0. The summed E-state index contributed by atoms with van der Waals surface area (Å²) in [5, 5.41) is 5.38. The number of aromatic nitrogens is 1. The van der Waals surface area contributed by atoms with Crippen molar-refractivity contribution in [3.05, 3.63) is 11.1 Å². The molecule has 6 heteroatoms. The molecule has 1 rings (SSSR count). The van der Waals surface area contributed by atoms with Crippen LogP contribution in [0.3, 0.4) is 0 Å². The first-order valence-corrected chi connectivity index (χ1v) is 5.08. The molecule has 0 saturated carbocycles. The third-order valence-electron chi connectivity index (χ3n) is 1.53. The van der Waals surface area contributed by atoms with Gasteiger partial charge in [-0.05, 0) is 13.3 Å². The number of thiazole rings is 1. The molecule has 0 atom stereocenters. The molecule has 2 nitrogen and oxygen atoms in total. The Labute approximate surface area is 84.2 Å². The third kappa shape index (κ3) is 4.45. The molecule has 0 fully saturated rings. The summed E-state index contributed by atoms with van der Waals surface area (Å²) in [5.41, 5.74) is 0.883. The Morgan fingerprint density at radius 1 is 1.50 bits per heavy atom. The van der Waals surface area contributed by atoms with Crippen LogP contribution in [0.5, 0.6) is 0 Å². The molecule has 0 unspecified atom stereocenters. The maximum atomic E-state index is 11.7. The van der Waals surface area contributed by atoms with E-state index in [1.54, 1.807) is 0 Å². The quantitative estimate of drug-likeness (QED) is 0.794. The van der Waals surface area contributed by atoms with Crippen molar-refractivity contribution < 1.29 is 13.2 Å². The number of nitrogens with one attached hydrogen (secondary N) is 1. The first kappa shape index (κ1) is 11.3. The van der Waals surface area contributed by atoms with Crippen molar-refractivity contribution in [2.45, 2.75) is 25.9 Å². The minimum Gasteiger partial charge on any atom is -0.362 e. The summed E-state index contributed by atoms with van der Waals surface area (Å²) >= 11 is 1.40. The second-order valence-electron chi connectivity index (χ2n) is 2.94. The second-order valence-corrected chi connectivity index (χ2v) is 3.80. The van der Waals surface area contributed by atoms with Gasteiger partial charge in [0.05, 0.1) is 5.69 Å². The molecular weight excluding hydrogens is 213 g/mol. The van der Waals surface area contributed by atoms with Crippen molar-refractivity contribution in [3.8, 4) is 0 Å². The number of hydrogen-bond donors (Lipinski definition) is 1. The van der Waals surface area contributed by atoms with Crippen LogP contribution < -0.4 is 5.32 Å². The maximum absolute atomic E-state index is 11.7. The average Bonchev–Trinajstić information content (AvgIpc) is 2.44. The highest BCUT2D eigenvalue weighted by Crippen LogP contribution is 2.21. The highest BCUT2D eigenvalue weighted by atomic mass is 32.1. The molecule has 80 valence electrons. The molecule has 0 aromatic carbocycles. The van der Waals surface area contributed by atoms with Gasteiger partial charge in [0, 0.05) is 18.3 Å². The fourth-order valence-electron chi connectivity index (χ4n) is 0.919. The van der Waals surface area contributed by atoms with E-state index in [0.29, 0.717) is 11.7 Å². The Morgan fingerprint density at radius 2 is 2.21 bits per heavy atom. The molecule has 0 bridgehead atoms. The molecule has 0 aliphatic heterocycles. The van der Waals surface area contributed by atoms with Crippen LogP contribution >= 0.6 is 11.3 Å². The van der Waals surface area contributed by atoms with Gasteiger partial charge in [0.15, 0.2) is 5.13 Å². The SMILES string of the molecule is Cc1csc(NCCCC(F)(F)F)n1. The Kier molecular flexibility index (Phi) is 3.74. The Morgan fingerprint density at radius 3 is 2.71 bits per heavy atom. The number of rotatable bonds is 4. The lowest BCUT2D eigenvalue weighted by Gasteiger charge is -2.05. The van der Waals surface area contributed by atoms with Crippen LogP contribution in [0.15, 0.2) is 5.38 Å². The van der Waals surface area contributed by atoms with E-state index in [4.69, 9.17) is 0 Å². The van der Waals surface area contributed by atoms with E-state index in [-0.39, 0.29) is 6.42 Å². The minimum atomic E-state index is -4.06. The van der Waals surface area contributed by atoms with E-state index in [2.05, 4.69) is 10.3 Å². The Hall–Kier alpha value is -0.780. The van der Waals surface area contributed by atoms with Crippen LogP contribution in [0.2, 0.25) is 0 Å². The van der Waals surface area contributed by atoms with Crippen LogP contribution in [-0.4, -0.2) is 17.7 Å².